The van der Waals surface area contributed by atoms with Crippen LogP contribution in [-0.2, 0) is 4.79 Å². The summed E-state index contributed by atoms with van der Waals surface area (Å²) in [4.78, 5) is 28.4. The van der Waals surface area contributed by atoms with Gasteiger partial charge in [0.2, 0.25) is 5.91 Å². The van der Waals surface area contributed by atoms with Crippen LogP contribution >= 0.6 is 0 Å². The van der Waals surface area contributed by atoms with Crippen molar-refractivity contribution in [3.05, 3.63) is 103 Å². The fourth-order valence-electron chi connectivity index (χ4n) is 4.32. The fourth-order valence-corrected chi connectivity index (χ4v) is 4.32. The molecule has 2 heterocycles. The number of piperidine rings is 1. The number of nitrogen functional groups attached to an aromatic ring is 1. The van der Waals surface area contributed by atoms with Gasteiger partial charge in [0.25, 0.3) is 0 Å². The topological polar surface area (TPSA) is 96.9 Å². The van der Waals surface area contributed by atoms with Gasteiger partial charge < -0.3 is 20.3 Å². The van der Waals surface area contributed by atoms with E-state index in [1.165, 1.54) is 18.9 Å². The summed E-state index contributed by atoms with van der Waals surface area (Å²) in [5, 5.41) is 0. The third kappa shape index (κ3) is 9.17. The summed E-state index contributed by atoms with van der Waals surface area (Å²) >= 11 is 0. The number of nitrogens with two attached hydrogens (primary N) is 1. The predicted octanol–water partition coefficient (Wildman–Crippen LogP) is 5.50. The smallest absolute Gasteiger partial charge is 0.246 e. The van der Waals surface area contributed by atoms with E-state index in [4.69, 9.17) is 10.5 Å². The van der Waals surface area contributed by atoms with E-state index in [-0.39, 0.29) is 5.91 Å². The van der Waals surface area contributed by atoms with Gasteiger partial charge in [0.15, 0.2) is 0 Å². The third-order valence-electron chi connectivity index (χ3n) is 6.33. The minimum Gasteiger partial charge on any atom is -0.457 e. The van der Waals surface area contributed by atoms with Crippen molar-refractivity contribution in [1.82, 2.24) is 19.8 Å². The molecule has 1 saturated heterocycles. The van der Waals surface area contributed by atoms with E-state index >= 15 is 0 Å². The number of likely N-dealkylation sites (N-methyl/N-ethyl adjacent to an activating group) is 1. The number of nitrogens with zero attached hydrogens (tertiary/aromatic N) is 5. The summed E-state index contributed by atoms with van der Waals surface area (Å²) < 4.78 is 5.82. The Balaban J connectivity index is 0.000000252. The number of carbonyl (C=O) groups is 1. The van der Waals surface area contributed by atoms with Gasteiger partial charge >= 0.3 is 0 Å². The molecule has 1 amide bonds. The Hall–Kier alpha value is -4.30. The molecule has 0 saturated carbocycles. The number of amides is 1. The van der Waals surface area contributed by atoms with Gasteiger partial charge in [-0.05, 0) is 76.2 Å². The van der Waals surface area contributed by atoms with Crippen LogP contribution in [0.3, 0.4) is 0 Å². The van der Waals surface area contributed by atoms with Crippen LogP contribution in [0.4, 0.5) is 5.82 Å². The highest BCUT2D eigenvalue weighted by molar-refractivity contribution is 6.16. The first-order valence-corrected chi connectivity index (χ1v) is 13.5. The van der Waals surface area contributed by atoms with E-state index in [0.717, 1.165) is 48.8 Å². The van der Waals surface area contributed by atoms with Crippen molar-refractivity contribution >= 4 is 17.4 Å². The molecule has 2 aromatic carbocycles. The van der Waals surface area contributed by atoms with Gasteiger partial charge in [0, 0.05) is 37.5 Å². The predicted molar refractivity (Wildman–Crippen MR) is 163 cm³/mol. The molecular weight excluding hydrogens is 500 g/mol. The lowest BCUT2D eigenvalue weighted by Crippen LogP contribution is -2.38. The number of aryl methyl sites for hydroxylation is 1. The number of aromatic nitrogens is 2. The fraction of sp³-hybridized carbons (Fsp3) is 0.312. The van der Waals surface area contributed by atoms with Crippen LogP contribution in [0.15, 0.2) is 90.8 Å². The molecule has 0 aliphatic carbocycles. The molecule has 4 rings (SSSR count). The Bertz CT molecular complexity index is 1280. The largest absolute Gasteiger partial charge is 0.457 e. The maximum Gasteiger partial charge on any atom is 0.246 e. The molecule has 3 aromatic rings. The van der Waals surface area contributed by atoms with Crippen molar-refractivity contribution in [3.63, 3.8) is 0 Å². The molecule has 8 heteroatoms. The average molecular weight is 541 g/mol. The Morgan fingerprint density at radius 1 is 1.15 bits per heavy atom. The van der Waals surface area contributed by atoms with Crippen LogP contribution in [0.25, 0.3) is 0 Å². The molecule has 1 unspecified atom stereocenters. The molecule has 0 bridgehead atoms. The summed E-state index contributed by atoms with van der Waals surface area (Å²) in [6, 6.07) is 17.2. The van der Waals surface area contributed by atoms with E-state index < -0.39 is 0 Å². The lowest BCUT2D eigenvalue weighted by molar-refractivity contribution is -0.127. The highest BCUT2D eigenvalue weighted by atomic mass is 16.5. The van der Waals surface area contributed by atoms with Crippen LogP contribution in [0.1, 0.15) is 36.6 Å². The summed E-state index contributed by atoms with van der Waals surface area (Å²) in [5.74, 6) is 2.74. The van der Waals surface area contributed by atoms with Crippen molar-refractivity contribution in [1.29, 1.82) is 0 Å². The van der Waals surface area contributed by atoms with E-state index in [1.807, 2.05) is 91.5 Å². The standard InChI is InChI=1S/C20H18N4O.C12H22N2O/c1-3-22-19(18-14(2)23-13-24-20(18)21)15-9-11-17(12-10-15)25-16-7-5-4-6-8-16;1-11-6-4-9-14(10-11)12(15)7-5-8-13(2)3/h3-13H,1H2,2H3,(H2,21,23,24);5,7,11H,4,6,8-10H2,1-3H3/b;7-5+. The molecule has 1 aliphatic heterocycles. The molecular formula is C32H40N6O2. The summed E-state index contributed by atoms with van der Waals surface area (Å²) in [7, 11) is 4.00. The number of hydrogen-bond acceptors (Lipinski definition) is 7. The van der Waals surface area contributed by atoms with E-state index in [0.29, 0.717) is 23.0 Å². The number of likely N-dealkylation sites (tertiary alicyclic amines) is 1. The van der Waals surface area contributed by atoms with Gasteiger partial charge in [-0.15, -0.1) is 0 Å². The van der Waals surface area contributed by atoms with Crippen LogP contribution in [0.2, 0.25) is 0 Å². The molecule has 0 radical (unpaired) electrons. The minimum absolute atomic E-state index is 0.170. The van der Waals surface area contributed by atoms with Crippen molar-refractivity contribution in [2.75, 3.05) is 39.5 Å². The van der Waals surface area contributed by atoms with Crippen LogP contribution in [0.5, 0.6) is 11.5 Å². The third-order valence-corrected chi connectivity index (χ3v) is 6.33. The monoisotopic (exact) mass is 540 g/mol. The molecule has 2 N–H and O–H groups in total. The number of rotatable bonds is 8. The Morgan fingerprint density at radius 3 is 2.48 bits per heavy atom. The van der Waals surface area contributed by atoms with Gasteiger partial charge in [-0.25, -0.2) is 9.97 Å². The molecule has 40 heavy (non-hydrogen) atoms. The highest BCUT2D eigenvalue weighted by Crippen LogP contribution is 2.24. The van der Waals surface area contributed by atoms with E-state index in [1.54, 1.807) is 6.08 Å². The number of benzene rings is 2. The first-order valence-electron chi connectivity index (χ1n) is 13.5. The summed E-state index contributed by atoms with van der Waals surface area (Å²) in [5.41, 5.74) is 9.06. The minimum atomic E-state index is 0.170. The normalized spacial score (nSPS) is 15.5. The molecule has 1 fully saturated rings. The van der Waals surface area contributed by atoms with Crippen LogP contribution < -0.4 is 10.5 Å². The Kier molecular flexibility index (Phi) is 11.6. The Morgan fingerprint density at radius 2 is 1.85 bits per heavy atom. The molecule has 8 nitrogen and oxygen atoms in total. The van der Waals surface area contributed by atoms with Crippen molar-refractivity contribution in [2.45, 2.75) is 26.7 Å². The SMILES string of the molecule is C=CN=C(c1ccc(Oc2ccccc2)cc1)c1c(C)ncnc1N.CC1CCCN(C(=O)/C=C/CN(C)C)C1. The van der Waals surface area contributed by atoms with Crippen LogP contribution in [-0.4, -0.2) is 65.1 Å². The zero-order valence-corrected chi connectivity index (χ0v) is 24.0. The molecule has 1 aromatic heterocycles. The van der Waals surface area contributed by atoms with Gasteiger partial charge in [-0.2, -0.15) is 0 Å². The molecule has 0 spiro atoms. The van der Waals surface area contributed by atoms with E-state index in [9.17, 15) is 4.79 Å². The van der Waals surface area contributed by atoms with Crippen molar-refractivity contribution in [3.8, 4) is 11.5 Å². The Labute approximate surface area is 237 Å². The first-order chi connectivity index (χ1) is 19.3. The molecule has 1 aliphatic rings. The number of ether oxygens (including phenoxy) is 1. The maximum absolute atomic E-state index is 11.7. The first kappa shape index (κ1) is 30.2. The molecule has 210 valence electrons. The lowest BCUT2D eigenvalue weighted by atomic mass is 10.0. The van der Waals surface area contributed by atoms with Gasteiger partial charge in [0.1, 0.15) is 23.6 Å². The van der Waals surface area contributed by atoms with E-state index in [2.05, 4.69) is 28.5 Å². The quantitative estimate of drug-likeness (QED) is 0.299. The lowest BCUT2D eigenvalue weighted by Gasteiger charge is -2.30. The van der Waals surface area contributed by atoms with Crippen molar-refractivity contribution < 1.29 is 9.53 Å². The average Bonchev–Trinajstić information content (AvgIpc) is 2.94. The van der Waals surface area contributed by atoms with Gasteiger partial charge in [0.05, 0.1) is 17.0 Å². The zero-order valence-electron chi connectivity index (χ0n) is 24.0. The molecule has 1 atom stereocenters. The highest BCUT2D eigenvalue weighted by Gasteiger charge is 2.19. The number of hydrogen-bond donors (Lipinski definition) is 1. The van der Waals surface area contributed by atoms with Crippen LogP contribution in [0, 0.1) is 12.8 Å². The summed E-state index contributed by atoms with van der Waals surface area (Å²) in [6.45, 7) is 10.5. The number of para-hydroxylation sites is 1. The van der Waals surface area contributed by atoms with Gasteiger partial charge in [-0.1, -0.05) is 37.8 Å². The summed E-state index contributed by atoms with van der Waals surface area (Å²) in [6.07, 6.45) is 8.96. The van der Waals surface area contributed by atoms with Gasteiger partial charge in [-0.3, -0.25) is 9.79 Å². The maximum atomic E-state index is 11.7. The van der Waals surface area contributed by atoms with Crippen molar-refractivity contribution in [2.24, 2.45) is 10.9 Å². The second kappa shape index (κ2) is 15.3. The number of anilines is 1. The number of aliphatic imine (C=N–C) groups is 1. The number of carbonyl (C=O) groups excluding carboxylic acids is 1. The zero-order chi connectivity index (χ0) is 28.9. The second-order valence-corrected chi connectivity index (χ2v) is 10.0. The second-order valence-electron chi connectivity index (χ2n) is 10.0.